The maximum absolute atomic E-state index is 12.5. The molecule has 0 saturated heterocycles. The first-order valence-electron chi connectivity index (χ1n) is 7.48. The molecule has 0 aliphatic carbocycles. The Morgan fingerprint density at radius 3 is 2.12 bits per heavy atom. The number of methoxy groups -OCH3 is 2. The van der Waals surface area contributed by atoms with Gasteiger partial charge in [0.25, 0.3) is 0 Å². The number of hydrogen-bond acceptors (Lipinski definition) is 5. The Bertz CT molecular complexity index is 626. The number of hydrogen-bond donors (Lipinski definition) is 1. The van der Waals surface area contributed by atoms with Gasteiger partial charge in [-0.25, -0.2) is 4.79 Å². The second-order valence-electron chi connectivity index (χ2n) is 5.67. The number of ether oxygens (including phenoxy) is 2. The van der Waals surface area contributed by atoms with Crippen molar-refractivity contribution in [2.45, 2.75) is 26.8 Å². The lowest BCUT2D eigenvalue weighted by atomic mass is 10.0. The number of rotatable bonds is 8. The molecule has 7 heteroatoms. The molecule has 1 N–H and O–H groups in total. The third kappa shape index (κ3) is 4.47. The fraction of sp³-hybridized carbons (Fsp3) is 0.471. The zero-order chi connectivity index (χ0) is 18.4. The Morgan fingerprint density at radius 2 is 1.71 bits per heavy atom. The van der Waals surface area contributed by atoms with E-state index in [2.05, 4.69) is 0 Å². The van der Waals surface area contributed by atoms with Crippen molar-refractivity contribution in [2.75, 3.05) is 20.8 Å². The van der Waals surface area contributed by atoms with Crippen molar-refractivity contribution < 1.29 is 29.0 Å². The van der Waals surface area contributed by atoms with Crippen LogP contribution in [0.3, 0.4) is 0 Å². The summed E-state index contributed by atoms with van der Waals surface area (Å²) in [6.45, 7) is 4.31. The van der Waals surface area contributed by atoms with E-state index in [1.807, 2.05) is 0 Å². The third-order valence-corrected chi connectivity index (χ3v) is 3.64. The van der Waals surface area contributed by atoms with E-state index >= 15 is 0 Å². The monoisotopic (exact) mass is 337 g/mol. The molecule has 0 spiro atoms. The Morgan fingerprint density at radius 1 is 1.12 bits per heavy atom. The molecule has 1 aromatic rings. The van der Waals surface area contributed by atoms with Crippen LogP contribution in [-0.4, -0.2) is 54.5 Å². The SMILES string of the molecule is COc1ccc(C(=O)CN(C(C)=O)C(C(=O)O)C(C)C)cc1OC. The summed E-state index contributed by atoms with van der Waals surface area (Å²) in [5.74, 6) is -1.45. The van der Waals surface area contributed by atoms with E-state index in [0.717, 1.165) is 4.90 Å². The molecule has 1 unspecified atom stereocenters. The van der Waals surface area contributed by atoms with Crippen LogP contribution in [0.2, 0.25) is 0 Å². The van der Waals surface area contributed by atoms with E-state index in [-0.39, 0.29) is 18.2 Å². The molecule has 7 nitrogen and oxygen atoms in total. The maximum Gasteiger partial charge on any atom is 0.326 e. The summed E-state index contributed by atoms with van der Waals surface area (Å²) in [6, 6.07) is 3.57. The molecule has 0 bridgehead atoms. The van der Waals surface area contributed by atoms with Gasteiger partial charge >= 0.3 is 5.97 Å². The lowest BCUT2D eigenvalue weighted by molar-refractivity contribution is -0.150. The topological polar surface area (TPSA) is 93.1 Å². The molecular formula is C17H23NO6. The third-order valence-electron chi connectivity index (χ3n) is 3.64. The molecule has 0 aliphatic rings. The molecule has 0 radical (unpaired) electrons. The van der Waals surface area contributed by atoms with E-state index in [1.165, 1.54) is 27.2 Å². The Labute approximate surface area is 141 Å². The van der Waals surface area contributed by atoms with Gasteiger partial charge in [0, 0.05) is 12.5 Å². The molecule has 1 amide bonds. The van der Waals surface area contributed by atoms with Crippen LogP contribution in [0.5, 0.6) is 11.5 Å². The number of aliphatic carboxylic acids is 1. The van der Waals surface area contributed by atoms with Gasteiger partial charge in [0.05, 0.1) is 20.8 Å². The lowest BCUT2D eigenvalue weighted by Crippen LogP contribution is -2.49. The normalized spacial score (nSPS) is 11.8. The first-order chi connectivity index (χ1) is 11.2. The highest BCUT2D eigenvalue weighted by Gasteiger charge is 2.32. The zero-order valence-electron chi connectivity index (χ0n) is 14.5. The number of carbonyl (C=O) groups is 3. The molecule has 0 aromatic heterocycles. The summed E-state index contributed by atoms with van der Waals surface area (Å²) in [6.07, 6.45) is 0. The van der Waals surface area contributed by atoms with Gasteiger partial charge in [0.1, 0.15) is 6.04 Å². The summed E-state index contributed by atoms with van der Waals surface area (Å²) < 4.78 is 10.3. The van der Waals surface area contributed by atoms with Gasteiger partial charge < -0.3 is 19.5 Å². The minimum Gasteiger partial charge on any atom is -0.493 e. The minimum absolute atomic E-state index is 0.312. The van der Waals surface area contributed by atoms with Crippen molar-refractivity contribution in [3.05, 3.63) is 23.8 Å². The number of carbonyl (C=O) groups excluding carboxylic acids is 2. The van der Waals surface area contributed by atoms with Crippen LogP contribution in [0.4, 0.5) is 0 Å². The molecule has 0 heterocycles. The van der Waals surface area contributed by atoms with Crippen molar-refractivity contribution in [1.82, 2.24) is 4.90 Å². The van der Waals surface area contributed by atoms with Crippen LogP contribution in [0.15, 0.2) is 18.2 Å². The van der Waals surface area contributed by atoms with Crippen molar-refractivity contribution in [3.8, 4) is 11.5 Å². The summed E-state index contributed by atoms with van der Waals surface area (Å²) in [5.41, 5.74) is 0.312. The number of nitrogens with zero attached hydrogens (tertiary/aromatic N) is 1. The highest BCUT2D eigenvalue weighted by atomic mass is 16.5. The number of amides is 1. The minimum atomic E-state index is -1.14. The molecule has 0 fully saturated rings. The number of carboxylic acids is 1. The molecule has 24 heavy (non-hydrogen) atoms. The second-order valence-corrected chi connectivity index (χ2v) is 5.67. The van der Waals surface area contributed by atoms with Crippen LogP contribution < -0.4 is 9.47 Å². The summed E-state index contributed by atoms with van der Waals surface area (Å²) in [7, 11) is 2.93. The van der Waals surface area contributed by atoms with Gasteiger partial charge in [-0.15, -0.1) is 0 Å². The van der Waals surface area contributed by atoms with Gasteiger partial charge in [-0.2, -0.15) is 0 Å². The quantitative estimate of drug-likeness (QED) is 0.728. The first kappa shape index (κ1) is 19.5. The number of Topliss-reactive ketones (excluding diaryl/α,β-unsaturated/α-hetero) is 1. The van der Waals surface area contributed by atoms with Gasteiger partial charge in [0.15, 0.2) is 17.3 Å². The van der Waals surface area contributed by atoms with Crippen molar-refractivity contribution in [2.24, 2.45) is 5.92 Å². The van der Waals surface area contributed by atoms with Gasteiger partial charge in [-0.05, 0) is 24.1 Å². The van der Waals surface area contributed by atoms with Gasteiger partial charge in [-0.3, -0.25) is 9.59 Å². The fourth-order valence-corrected chi connectivity index (χ4v) is 2.44. The average molecular weight is 337 g/mol. The summed E-state index contributed by atoms with van der Waals surface area (Å²) in [5, 5.41) is 9.36. The Hall–Kier alpha value is -2.57. The first-order valence-corrected chi connectivity index (χ1v) is 7.48. The Balaban J connectivity index is 3.09. The standard InChI is InChI=1S/C17H23NO6/c1-10(2)16(17(21)22)18(11(3)19)9-13(20)12-6-7-14(23-4)15(8-12)24-5/h6-8,10,16H,9H2,1-5H3,(H,21,22). The number of benzene rings is 1. The smallest absolute Gasteiger partial charge is 0.326 e. The molecule has 1 aromatic carbocycles. The lowest BCUT2D eigenvalue weighted by Gasteiger charge is -2.30. The molecule has 1 atom stereocenters. The van der Waals surface area contributed by atoms with E-state index in [0.29, 0.717) is 17.1 Å². The fourth-order valence-electron chi connectivity index (χ4n) is 2.44. The maximum atomic E-state index is 12.5. The van der Waals surface area contributed by atoms with E-state index in [4.69, 9.17) is 9.47 Å². The van der Waals surface area contributed by atoms with Crippen LogP contribution in [-0.2, 0) is 9.59 Å². The van der Waals surface area contributed by atoms with Crippen LogP contribution in [0, 0.1) is 5.92 Å². The van der Waals surface area contributed by atoms with Crippen LogP contribution in [0.1, 0.15) is 31.1 Å². The van der Waals surface area contributed by atoms with Crippen LogP contribution in [0.25, 0.3) is 0 Å². The summed E-state index contributed by atoms with van der Waals surface area (Å²) in [4.78, 5) is 36.9. The highest BCUT2D eigenvalue weighted by Crippen LogP contribution is 2.28. The molecule has 0 aliphatic heterocycles. The second kappa shape index (κ2) is 8.33. The Kier molecular flexibility index (Phi) is 6.76. The van der Waals surface area contributed by atoms with Crippen molar-refractivity contribution >= 4 is 17.7 Å². The molecular weight excluding hydrogens is 314 g/mol. The van der Waals surface area contributed by atoms with E-state index in [1.54, 1.807) is 26.0 Å². The average Bonchev–Trinajstić information content (AvgIpc) is 2.52. The predicted molar refractivity (Wildman–Crippen MR) is 87.5 cm³/mol. The van der Waals surface area contributed by atoms with E-state index < -0.39 is 17.9 Å². The number of ketones is 1. The van der Waals surface area contributed by atoms with Crippen molar-refractivity contribution in [3.63, 3.8) is 0 Å². The zero-order valence-corrected chi connectivity index (χ0v) is 14.5. The van der Waals surface area contributed by atoms with E-state index in [9.17, 15) is 19.5 Å². The van der Waals surface area contributed by atoms with Crippen LogP contribution >= 0.6 is 0 Å². The molecule has 132 valence electrons. The number of carboxylic acid groups (broad SMARTS) is 1. The molecule has 0 saturated carbocycles. The highest BCUT2D eigenvalue weighted by molar-refractivity contribution is 6.00. The summed E-state index contributed by atoms with van der Waals surface area (Å²) >= 11 is 0. The van der Waals surface area contributed by atoms with Gasteiger partial charge in [-0.1, -0.05) is 13.8 Å². The molecule has 1 rings (SSSR count). The van der Waals surface area contributed by atoms with Gasteiger partial charge in [0.2, 0.25) is 5.91 Å². The predicted octanol–water partition coefficient (Wildman–Crippen LogP) is 1.84. The largest absolute Gasteiger partial charge is 0.493 e. The van der Waals surface area contributed by atoms with Crippen molar-refractivity contribution in [1.29, 1.82) is 0 Å².